The second-order valence-corrected chi connectivity index (χ2v) is 8.71. The molecule has 0 saturated carbocycles. The number of nitrogens with zero attached hydrogens (tertiary/aromatic N) is 4. The van der Waals surface area contributed by atoms with Gasteiger partial charge in [-0.05, 0) is 64.3 Å². The minimum absolute atomic E-state index is 0.00170. The Morgan fingerprint density at radius 2 is 1.92 bits per heavy atom. The number of hydrazone groups is 1. The molecule has 3 rings (SSSR count). The van der Waals surface area contributed by atoms with E-state index in [1.807, 2.05) is 6.07 Å². The number of non-ortho nitro benzene ring substituents is 1. The molecule has 39 heavy (non-hydrogen) atoms. The number of amides is 1. The number of carbonyl (C=O) groups is 1. The van der Waals surface area contributed by atoms with E-state index in [0.717, 1.165) is 5.56 Å². The molecule has 1 N–H and O–H groups in total. The van der Waals surface area contributed by atoms with Gasteiger partial charge in [-0.3, -0.25) is 14.9 Å². The van der Waals surface area contributed by atoms with Crippen molar-refractivity contribution in [1.29, 1.82) is 5.26 Å². The highest BCUT2D eigenvalue weighted by Gasteiger charge is 2.18. The van der Waals surface area contributed by atoms with Gasteiger partial charge >= 0.3 is 0 Å². The van der Waals surface area contributed by atoms with Crippen molar-refractivity contribution in [1.82, 2.24) is 10.4 Å². The number of rotatable bonds is 12. The van der Waals surface area contributed by atoms with Crippen LogP contribution in [0.15, 0.2) is 52.0 Å². The van der Waals surface area contributed by atoms with Crippen LogP contribution in [0.2, 0.25) is 0 Å². The van der Waals surface area contributed by atoms with Crippen molar-refractivity contribution in [2.24, 2.45) is 5.10 Å². The molecule has 1 amide bonds. The number of ether oxygens (including phenoxy) is 4. The first kappa shape index (κ1) is 29.0. The van der Waals surface area contributed by atoms with Crippen LogP contribution in [-0.4, -0.2) is 42.9 Å². The number of nitro benzene ring substituents is 1. The first-order chi connectivity index (χ1) is 18.8. The lowest BCUT2D eigenvalue weighted by atomic mass is 10.1. The van der Waals surface area contributed by atoms with E-state index in [-0.39, 0.29) is 30.3 Å². The Bertz CT molecular complexity index is 1420. The number of pyridine rings is 1. The number of methoxy groups -OCH3 is 2. The van der Waals surface area contributed by atoms with Crippen molar-refractivity contribution >= 4 is 33.7 Å². The topological polar surface area (TPSA) is 158 Å². The van der Waals surface area contributed by atoms with Gasteiger partial charge in [-0.25, -0.2) is 10.4 Å². The summed E-state index contributed by atoms with van der Waals surface area (Å²) in [5, 5.41) is 24.3. The summed E-state index contributed by atoms with van der Waals surface area (Å²) >= 11 is 3.40. The second-order valence-electron chi connectivity index (χ2n) is 7.92. The van der Waals surface area contributed by atoms with Crippen molar-refractivity contribution in [3.8, 4) is 23.4 Å². The summed E-state index contributed by atoms with van der Waals surface area (Å²) in [4.78, 5) is 26.8. The fourth-order valence-electron chi connectivity index (χ4n) is 3.32. The van der Waals surface area contributed by atoms with Gasteiger partial charge in [-0.15, -0.1) is 0 Å². The monoisotopic (exact) mass is 597 g/mol. The van der Waals surface area contributed by atoms with Gasteiger partial charge in [-0.2, -0.15) is 10.4 Å². The number of aromatic nitrogens is 1. The van der Waals surface area contributed by atoms with Crippen LogP contribution in [0.3, 0.4) is 0 Å². The Morgan fingerprint density at radius 3 is 2.56 bits per heavy atom. The van der Waals surface area contributed by atoms with Gasteiger partial charge in [0.15, 0.2) is 18.1 Å². The normalized spacial score (nSPS) is 10.6. The van der Waals surface area contributed by atoms with Crippen LogP contribution in [0, 0.1) is 28.4 Å². The molecule has 0 aliphatic carbocycles. The zero-order valence-electron chi connectivity index (χ0n) is 21.3. The van der Waals surface area contributed by atoms with E-state index in [0.29, 0.717) is 32.8 Å². The minimum Gasteiger partial charge on any atom is -0.493 e. The zero-order chi connectivity index (χ0) is 28.4. The molecule has 12 nitrogen and oxygen atoms in total. The van der Waals surface area contributed by atoms with Crippen molar-refractivity contribution in [3.63, 3.8) is 0 Å². The van der Waals surface area contributed by atoms with Crippen LogP contribution in [0.25, 0.3) is 0 Å². The standard InChI is InChI=1S/C26H24BrN5O7/c1-16-25(27)21(14-36-2)20(11-28)26(30-16)39-15-24(33)31-29-12-18-6-9-22(23(10-18)37-3)38-13-17-4-7-19(8-5-17)32(34)35/h4-10,12H,13-15H2,1-3H3,(H,31,33)/b29-12-. The highest BCUT2D eigenvalue weighted by molar-refractivity contribution is 9.10. The molecule has 1 heterocycles. The Hall–Kier alpha value is -4.54. The van der Waals surface area contributed by atoms with E-state index < -0.39 is 17.4 Å². The average Bonchev–Trinajstić information content (AvgIpc) is 2.93. The number of hydrogen-bond donors (Lipinski definition) is 1. The maximum atomic E-state index is 12.2. The van der Waals surface area contributed by atoms with Crippen molar-refractivity contribution in [2.75, 3.05) is 20.8 Å². The number of carbonyl (C=O) groups excluding carboxylic acids is 1. The van der Waals surface area contributed by atoms with Crippen LogP contribution in [0.4, 0.5) is 5.69 Å². The molecule has 0 radical (unpaired) electrons. The molecule has 0 bridgehead atoms. The molecular formula is C26H24BrN5O7. The fourth-order valence-corrected chi connectivity index (χ4v) is 3.72. The van der Waals surface area contributed by atoms with E-state index in [1.54, 1.807) is 37.3 Å². The smallest absolute Gasteiger partial charge is 0.278 e. The Kier molecular flexibility index (Phi) is 10.3. The summed E-state index contributed by atoms with van der Waals surface area (Å²) in [7, 11) is 2.99. The van der Waals surface area contributed by atoms with Crippen molar-refractivity contribution < 1.29 is 28.7 Å². The van der Waals surface area contributed by atoms with Crippen LogP contribution < -0.4 is 19.6 Å². The number of halogens is 1. The predicted molar refractivity (Wildman–Crippen MR) is 144 cm³/mol. The van der Waals surface area contributed by atoms with E-state index in [9.17, 15) is 20.2 Å². The molecule has 0 aliphatic heterocycles. The van der Waals surface area contributed by atoms with E-state index in [1.165, 1.54) is 32.6 Å². The maximum absolute atomic E-state index is 12.2. The van der Waals surface area contributed by atoms with E-state index in [2.05, 4.69) is 31.4 Å². The van der Waals surface area contributed by atoms with E-state index >= 15 is 0 Å². The highest BCUT2D eigenvalue weighted by atomic mass is 79.9. The quantitative estimate of drug-likeness (QED) is 0.183. The Balaban J connectivity index is 1.58. The van der Waals surface area contributed by atoms with Gasteiger partial charge in [0.05, 0.1) is 30.5 Å². The molecule has 0 atom stereocenters. The third kappa shape index (κ3) is 7.73. The number of hydrogen-bond acceptors (Lipinski definition) is 10. The summed E-state index contributed by atoms with van der Waals surface area (Å²) in [6.07, 6.45) is 1.42. The maximum Gasteiger partial charge on any atom is 0.278 e. The van der Waals surface area contributed by atoms with Crippen LogP contribution >= 0.6 is 15.9 Å². The fraction of sp³-hybridized carbons (Fsp3) is 0.231. The molecule has 0 unspecified atom stereocenters. The summed E-state index contributed by atoms with van der Waals surface area (Å²) < 4.78 is 22.4. The predicted octanol–water partition coefficient (Wildman–Crippen LogP) is 4.20. The lowest BCUT2D eigenvalue weighted by Crippen LogP contribution is -2.25. The van der Waals surface area contributed by atoms with Gasteiger partial charge < -0.3 is 18.9 Å². The van der Waals surface area contributed by atoms with Gasteiger partial charge in [0, 0.05) is 29.3 Å². The van der Waals surface area contributed by atoms with Gasteiger partial charge in [0.1, 0.15) is 18.2 Å². The summed E-state index contributed by atoms with van der Waals surface area (Å²) in [5.41, 5.74) is 5.07. The second kappa shape index (κ2) is 13.8. The average molecular weight is 598 g/mol. The molecule has 0 fully saturated rings. The summed E-state index contributed by atoms with van der Waals surface area (Å²) in [6, 6.07) is 13.2. The highest BCUT2D eigenvalue weighted by Crippen LogP contribution is 2.30. The molecule has 2 aromatic carbocycles. The third-order valence-corrected chi connectivity index (χ3v) is 6.29. The SMILES string of the molecule is COCc1c(Br)c(C)nc(OCC(=O)N/N=C\c2ccc(OCc3ccc([N+](=O)[O-])cc3)c(OC)c2)c1C#N. The Labute approximate surface area is 232 Å². The lowest BCUT2D eigenvalue weighted by Gasteiger charge is -2.13. The number of aryl methyl sites for hydroxylation is 1. The third-order valence-electron chi connectivity index (χ3n) is 5.24. The molecule has 0 saturated heterocycles. The van der Waals surface area contributed by atoms with Crippen LogP contribution in [-0.2, 0) is 22.7 Å². The molecule has 1 aromatic heterocycles. The molecule has 3 aromatic rings. The number of nitrogens with one attached hydrogen (secondary N) is 1. The Morgan fingerprint density at radius 1 is 1.18 bits per heavy atom. The minimum atomic E-state index is -0.555. The van der Waals surface area contributed by atoms with Gasteiger partial charge in [0.2, 0.25) is 5.88 Å². The first-order valence-electron chi connectivity index (χ1n) is 11.3. The van der Waals surface area contributed by atoms with Crippen molar-refractivity contribution in [3.05, 3.63) is 85.0 Å². The van der Waals surface area contributed by atoms with Crippen LogP contribution in [0.1, 0.15) is 27.9 Å². The largest absolute Gasteiger partial charge is 0.493 e. The zero-order valence-corrected chi connectivity index (χ0v) is 22.9. The molecule has 0 aliphatic rings. The number of benzene rings is 2. The summed E-state index contributed by atoms with van der Waals surface area (Å²) in [5.74, 6) is 0.367. The molecule has 13 heteroatoms. The number of nitro groups is 1. The van der Waals surface area contributed by atoms with Crippen molar-refractivity contribution in [2.45, 2.75) is 20.1 Å². The van der Waals surface area contributed by atoms with E-state index in [4.69, 9.17) is 18.9 Å². The van der Waals surface area contributed by atoms with Gasteiger partial charge in [-0.1, -0.05) is 0 Å². The van der Waals surface area contributed by atoms with Crippen LogP contribution in [0.5, 0.6) is 17.4 Å². The summed E-state index contributed by atoms with van der Waals surface area (Å²) in [6.45, 7) is 1.68. The molecule has 202 valence electrons. The molecular weight excluding hydrogens is 574 g/mol. The lowest BCUT2D eigenvalue weighted by molar-refractivity contribution is -0.384. The first-order valence-corrected chi connectivity index (χ1v) is 12.1. The molecule has 0 spiro atoms. The number of nitriles is 1. The van der Waals surface area contributed by atoms with Gasteiger partial charge in [0.25, 0.3) is 11.6 Å².